The van der Waals surface area contributed by atoms with Crippen LogP contribution in [-0.2, 0) is 6.54 Å². The van der Waals surface area contributed by atoms with Crippen LogP contribution in [0.15, 0.2) is 30.3 Å². The standard InChI is InChI=1S/C16H17ClN2O2/c17-16-14(11-20)15(12-7-8-12)18-19(16)9-4-10-21-13-5-2-1-3-6-13/h1-3,5-6,11-12H,4,7-10H2. The van der Waals surface area contributed by atoms with E-state index in [2.05, 4.69) is 5.10 Å². The normalized spacial score (nSPS) is 14.1. The van der Waals surface area contributed by atoms with E-state index in [-0.39, 0.29) is 0 Å². The van der Waals surface area contributed by atoms with E-state index in [9.17, 15) is 4.79 Å². The zero-order chi connectivity index (χ0) is 14.7. The van der Waals surface area contributed by atoms with Crippen molar-refractivity contribution in [1.29, 1.82) is 0 Å². The second-order valence-corrected chi connectivity index (χ2v) is 5.58. The summed E-state index contributed by atoms with van der Waals surface area (Å²) in [6.07, 6.45) is 3.81. The number of hydrogen-bond donors (Lipinski definition) is 0. The average molecular weight is 305 g/mol. The van der Waals surface area contributed by atoms with Gasteiger partial charge in [-0.3, -0.25) is 9.48 Å². The first-order valence-corrected chi connectivity index (χ1v) is 7.56. The van der Waals surface area contributed by atoms with E-state index in [1.54, 1.807) is 4.68 Å². The van der Waals surface area contributed by atoms with Gasteiger partial charge in [-0.15, -0.1) is 0 Å². The fourth-order valence-corrected chi connectivity index (χ4v) is 2.57. The van der Waals surface area contributed by atoms with Crippen LogP contribution in [-0.4, -0.2) is 22.7 Å². The SMILES string of the molecule is O=Cc1c(C2CC2)nn(CCCOc2ccccc2)c1Cl. The highest BCUT2D eigenvalue weighted by Crippen LogP contribution is 2.42. The van der Waals surface area contributed by atoms with Crippen LogP contribution >= 0.6 is 11.6 Å². The molecule has 1 heterocycles. The Bertz CT molecular complexity index is 621. The number of halogens is 1. The van der Waals surface area contributed by atoms with Gasteiger partial charge in [0.25, 0.3) is 0 Å². The second kappa shape index (κ2) is 6.31. The number of nitrogens with zero attached hydrogens (tertiary/aromatic N) is 2. The van der Waals surface area contributed by atoms with E-state index >= 15 is 0 Å². The number of rotatable bonds is 7. The zero-order valence-corrected chi connectivity index (χ0v) is 12.4. The fraction of sp³-hybridized carbons (Fsp3) is 0.375. The molecule has 4 nitrogen and oxygen atoms in total. The van der Waals surface area contributed by atoms with Gasteiger partial charge in [-0.2, -0.15) is 5.10 Å². The lowest BCUT2D eigenvalue weighted by molar-refractivity contribution is 0.112. The molecule has 1 aliphatic rings. The maximum absolute atomic E-state index is 11.1. The molecular formula is C16H17ClN2O2. The number of aromatic nitrogens is 2. The van der Waals surface area contributed by atoms with Crippen LogP contribution in [0.4, 0.5) is 0 Å². The molecule has 0 N–H and O–H groups in total. The van der Waals surface area contributed by atoms with E-state index in [4.69, 9.17) is 16.3 Å². The molecule has 0 unspecified atom stereocenters. The Kier molecular flexibility index (Phi) is 4.25. The smallest absolute Gasteiger partial charge is 0.155 e. The van der Waals surface area contributed by atoms with Crippen LogP contribution in [0.25, 0.3) is 0 Å². The third-order valence-corrected chi connectivity index (χ3v) is 3.96. The lowest BCUT2D eigenvalue weighted by atomic mass is 10.2. The minimum Gasteiger partial charge on any atom is -0.494 e. The summed E-state index contributed by atoms with van der Waals surface area (Å²) in [4.78, 5) is 11.1. The average Bonchev–Trinajstić information content (AvgIpc) is 3.30. The lowest BCUT2D eigenvalue weighted by Gasteiger charge is -2.06. The molecule has 0 spiro atoms. The molecule has 0 bridgehead atoms. The molecule has 0 saturated heterocycles. The summed E-state index contributed by atoms with van der Waals surface area (Å²) in [7, 11) is 0. The number of benzene rings is 1. The topological polar surface area (TPSA) is 44.1 Å². The van der Waals surface area contributed by atoms with Crippen LogP contribution in [0.2, 0.25) is 5.15 Å². The third kappa shape index (κ3) is 3.27. The monoisotopic (exact) mass is 304 g/mol. The fourth-order valence-electron chi connectivity index (χ4n) is 2.31. The molecular weight excluding hydrogens is 288 g/mol. The molecule has 1 aromatic heterocycles. The van der Waals surface area contributed by atoms with Crippen molar-refractivity contribution in [2.45, 2.75) is 31.7 Å². The first-order valence-electron chi connectivity index (χ1n) is 7.19. The summed E-state index contributed by atoms with van der Waals surface area (Å²) in [6.45, 7) is 1.24. The molecule has 3 rings (SSSR count). The maximum Gasteiger partial charge on any atom is 0.155 e. The quantitative estimate of drug-likeness (QED) is 0.579. The predicted octanol–water partition coefficient (Wildman–Crippen LogP) is 3.70. The number of aldehydes is 1. The van der Waals surface area contributed by atoms with Crippen molar-refractivity contribution in [3.63, 3.8) is 0 Å². The van der Waals surface area contributed by atoms with Crippen LogP contribution in [0.5, 0.6) is 5.75 Å². The van der Waals surface area contributed by atoms with E-state index in [0.717, 1.165) is 37.0 Å². The van der Waals surface area contributed by atoms with E-state index in [0.29, 0.717) is 29.8 Å². The number of carbonyl (C=O) groups excluding carboxylic acids is 1. The molecule has 0 amide bonds. The highest BCUT2D eigenvalue weighted by molar-refractivity contribution is 6.32. The number of hydrogen-bond acceptors (Lipinski definition) is 3. The number of para-hydroxylation sites is 1. The number of aryl methyl sites for hydroxylation is 1. The summed E-state index contributed by atoms with van der Waals surface area (Å²) in [5.74, 6) is 1.28. The Morgan fingerprint density at radius 3 is 2.76 bits per heavy atom. The minimum absolute atomic E-state index is 0.421. The van der Waals surface area contributed by atoms with Gasteiger partial charge < -0.3 is 4.74 Å². The molecule has 0 atom stereocenters. The summed E-state index contributed by atoms with van der Waals surface area (Å²) >= 11 is 6.23. The molecule has 5 heteroatoms. The van der Waals surface area contributed by atoms with Gasteiger partial charge in [0.05, 0.1) is 17.9 Å². The van der Waals surface area contributed by atoms with Crippen LogP contribution < -0.4 is 4.74 Å². The largest absolute Gasteiger partial charge is 0.494 e. The van der Waals surface area contributed by atoms with E-state index in [1.165, 1.54) is 0 Å². The molecule has 0 radical (unpaired) electrons. The molecule has 1 aliphatic carbocycles. The molecule has 2 aromatic rings. The second-order valence-electron chi connectivity index (χ2n) is 5.22. The van der Waals surface area contributed by atoms with Gasteiger partial charge in [-0.05, 0) is 25.0 Å². The van der Waals surface area contributed by atoms with Gasteiger partial charge in [-0.1, -0.05) is 29.8 Å². The first-order chi connectivity index (χ1) is 10.3. The van der Waals surface area contributed by atoms with Crippen molar-refractivity contribution < 1.29 is 9.53 Å². The van der Waals surface area contributed by atoms with Crippen LogP contribution in [0.3, 0.4) is 0 Å². The van der Waals surface area contributed by atoms with E-state index in [1.807, 2.05) is 30.3 Å². The Morgan fingerprint density at radius 1 is 1.33 bits per heavy atom. The Hall–Kier alpha value is -1.81. The maximum atomic E-state index is 11.1. The highest BCUT2D eigenvalue weighted by atomic mass is 35.5. The molecule has 1 aromatic carbocycles. The van der Waals surface area contributed by atoms with Crippen molar-refractivity contribution in [2.24, 2.45) is 0 Å². The van der Waals surface area contributed by atoms with Crippen LogP contribution in [0.1, 0.15) is 41.2 Å². The molecule has 21 heavy (non-hydrogen) atoms. The summed E-state index contributed by atoms with van der Waals surface area (Å²) in [5.41, 5.74) is 1.42. The Morgan fingerprint density at radius 2 is 2.10 bits per heavy atom. The van der Waals surface area contributed by atoms with Crippen molar-refractivity contribution >= 4 is 17.9 Å². The highest BCUT2D eigenvalue weighted by Gasteiger charge is 2.31. The number of carbonyl (C=O) groups is 1. The van der Waals surface area contributed by atoms with Crippen LogP contribution in [0, 0.1) is 0 Å². The van der Waals surface area contributed by atoms with Gasteiger partial charge in [-0.25, -0.2) is 0 Å². The predicted molar refractivity (Wildman–Crippen MR) is 81.2 cm³/mol. The molecule has 1 saturated carbocycles. The number of ether oxygens (including phenoxy) is 1. The summed E-state index contributed by atoms with van der Waals surface area (Å²) in [6, 6.07) is 9.69. The molecule has 0 aliphatic heterocycles. The van der Waals surface area contributed by atoms with Crippen molar-refractivity contribution in [2.75, 3.05) is 6.61 Å². The molecule has 1 fully saturated rings. The van der Waals surface area contributed by atoms with Gasteiger partial charge in [0.15, 0.2) is 6.29 Å². The van der Waals surface area contributed by atoms with Gasteiger partial charge in [0, 0.05) is 18.9 Å². The van der Waals surface area contributed by atoms with Gasteiger partial charge in [0.1, 0.15) is 10.9 Å². The lowest BCUT2D eigenvalue weighted by Crippen LogP contribution is -2.06. The Labute approximate surface area is 128 Å². The van der Waals surface area contributed by atoms with Gasteiger partial charge in [0.2, 0.25) is 0 Å². The first kappa shape index (κ1) is 14.1. The van der Waals surface area contributed by atoms with Crippen molar-refractivity contribution in [1.82, 2.24) is 9.78 Å². The molecule has 110 valence electrons. The Balaban J connectivity index is 1.57. The third-order valence-electron chi connectivity index (χ3n) is 3.56. The van der Waals surface area contributed by atoms with Gasteiger partial charge >= 0.3 is 0 Å². The van der Waals surface area contributed by atoms with E-state index < -0.39 is 0 Å². The summed E-state index contributed by atoms with van der Waals surface area (Å²) < 4.78 is 7.35. The van der Waals surface area contributed by atoms with Crippen molar-refractivity contribution in [3.05, 3.63) is 46.7 Å². The minimum atomic E-state index is 0.421. The zero-order valence-electron chi connectivity index (χ0n) is 11.7. The van der Waals surface area contributed by atoms with Crippen molar-refractivity contribution in [3.8, 4) is 5.75 Å². The summed E-state index contributed by atoms with van der Waals surface area (Å²) in [5, 5.41) is 4.94.